The van der Waals surface area contributed by atoms with Crippen LogP contribution >= 0.6 is 23.4 Å². The molecule has 1 amide bonds. The highest BCUT2D eigenvalue weighted by atomic mass is 35.5. The van der Waals surface area contributed by atoms with Gasteiger partial charge in [-0.2, -0.15) is 16.9 Å². The first-order valence-corrected chi connectivity index (χ1v) is 11.3. The molecule has 0 fully saturated rings. The Bertz CT molecular complexity index is 1150. The SMILES string of the molecule is COc1cc(/C=C/C(=O)Nc2c3c(nn2-c2ccc(Cl)cc2)CSC3)cc(OC)c1OC. The number of benzene rings is 2. The first-order valence-electron chi connectivity index (χ1n) is 9.77. The smallest absolute Gasteiger partial charge is 0.249 e. The Labute approximate surface area is 195 Å². The second kappa shape index (κ2) is 9.58. The molecule has 32 heavy (non-hydrogen) atoms. The molecule has 3 aromatic rings. The van der Waals surface area contributed by atoms with Crippen molar-refractivity contribution in [1.82, 2.24) is 9.78 Å². The summed E-state index contributed by atoms with van der Waals surface area (Å²) in [5.74, 6) is 3.55. The maximum atomic E-state index is 12.8. The molecule has 0 bridgehead atoms. The number of nitrogens with one attached hydrogen (secondary N) is 1. The summed E-state index contributed by atoms with van der Waals surface area (Å²) in [6, 6.07) is 10.9. The van der Waals surface area contributed by atoms with Gasteiger partial charge in [0.15, 0.2) is 11.5 Å². The molecule has 1 N–H and O–H groups in total. The van der Waals surface area contributed by atoms with Crippen molar-refractivity contribution in [3.8, 4) is 22.9 Å². The van der Waals surface area contributed by atoms with Gasteiger partial charge in [-0.25, -0.2) is 4.68 Å². The average molecular weight is 472 g/mol. The summed E-state index contributed by atoms with van der Waals surface area (Å²) >= 11 is 7.80. The number of hydrogen-bond acceptors (Lipinski definition) is 6. The van der Waals surface area contributed by atoms with Crippen LogP contribution in [-0.2, 0) is 16.3 Å². The minimum absolute atomic E-state index is 0.270. The predicted octanol–water partition coefficient (Wildman–Crippen LogP) is 4.95. The van der Waals surface area contributed by atoms with Crippen molar-refractivity contribution in [2.45, 2.75) is 11.5 Å². The second-order valence-corrected chi connectivity index (χ2v) is 8.36. The standard InChI is InChI=1S/C23H22ClN3O4S/c1-29-19-10-14(11-20(30-2)22(19)31-3)4-9-21(28)25-23-17-12-32-13-18(17)26-27(23)16-7-5-15(24)6-8-16/h4-11H,12-13H2,1-3H3,(H,25,28)/b9-4+. The molecule has 0 aliphatic carbocycles. The number of methoxy groups -OCH3 is 3. The van der Waals surface area contributed by atoms with Gasteiger partial charge in [-0.05, 0) is 48.0 Å². The van der Waals surface area contributed by atoms with Crippen molar-refractivity contribution >= 4 is 41.2 Å². The largest absolute Gasteiger partial charge is 0.493 e. The maximum Gasteiger partial charge on any atom is 0.249 e. The van der Waals surface area contributed by atoms with Crippen molar-refractivity contribution < 1.29 is 19.0 Å². The minimum atomic E-state index is -0.270. The molecule has 0 unspecified atom stereocenters. The van der Waals surface area contributed by atoms with Crippen LogP contribution in [0.25, 0.3) is 11.8 Å². The fraction of sp³-hybridized carbons (Fsp3) is 0.217. The van der Waals surface area contributed by atoms with Crippen molar-refractivity contribution in [2.24, 2.45) is 0 Å². The summed E-state index contributed by atoms with van der Waals surface area (Å²) in [7, 11) is 4.64. The molecule has 0 saturated heterocycles. The molecule has 0 saturated carbocycles. The molecule has 1 aromatic heterocycles. The Balaban J connectivity index is 1.60. The normalized spacial score (nSPS) is 12.6. The van der Waals surface area contributed by atoms with Crippen LogP contribution in [0.1, 0.15) is 16.8 Å². The Hall–Kier alpha value is -3.10. The highest BCUT2D eigenvalue weighted by Gasteiger charge is 2.24. The van der Waals surface area contributed by atoms with E-state index in [9.17, 15) is 4.79 Å². The number of anilines is 1. The number of thioether (sulfide) groups is 1. The van der Waals surface area contributed by atoms with Crippen LogP contribution in [0, 0.1) is 0 Å². The molecule has 166 valence electrons. The first-order chi connectivity index (χ1) is 15.5. The van der Waals surface area contributed by atoms with Gasteiger partial charge >= 0.3 is 0 Å². The van der Waals surface area contributed by atoms with Crippen LogP contribution in [0.3, 0.4) is 0 Å². The summed E-state index contributed by atoms with van der Waals surface area (Å²) in [5, 5.41) is 8.33. The van der Waals surface area contributed by atoms with Crippen molar-refractivity contribution in [2.75, 3.05) is 26.6 Å². The number of nitrogens with zero attached hydrogens (tertiary/aromatic N) is 2. The topological polar surface area (TPSA) is 74.6 Å². The molecule has 9 heteroatoms. The maximum absolute atomic E-state index is 12.8. The third-order valence-corrected chi connectivity index (χ3v) is 6.20. The number of carbonyl (C=O) groups is 1. The Kier molecular flexibility index (Phi) is 6.62. The van der Waals surface area contributed by atoms with Crippen molar-refractivity contribution in [1.29, 1.82) is 0 Å². The number of aromatic nitrogens is 2. The highest BCUT2D eigenvalue weighted by Crippen LogP contribution is 2.39. The lowest BCUT2D eigenvalue weighted by Gasteiger charge is -2.13. The third kappa shape index (κ3) is 4.42. The van der Waals surface area contributed by atoms with Gasteiger partial charge in [-0.1, -0.05) is 11.6 Å². The van der Waals surface area contributed by atoms with E-state index in [4.69, 9.17) is 30.9 Å². The van der Waals surface area contributed by atoms with E-state index in [0.29, 0.717) is 28.1 Å². The number of ether oxygens (including phenoxy) is 3. The van der Waals surface area contributed by atoms with E-state index in [1.54, 1.807) is 68.1 Å². The Morgan fingerprint density at radius 1 is 1.09 bits per heavy atom. The number of hydrogen-bond donors (Lipinski definition) is 1. The minimum Gasteiger partial charge on any atom is -0.493 e. The lowest BCUT2D eigenvalue weighted by Crippen LogP contribution is -2.13. The van der Waals surface area contributed by atoms with Crippen LogP contribution < -0.4 is 19.5 Å². The van der Waals surface area contributed by atoms with E-state index in [2.05, 4.69) is 5.32 Å². The van der Waals surface area contributed by atoms with Gasteiger partial charge in [-0.3, -0.25) is 4.79 Å². The molecule has 7 nitrogen and oxygen atoms in total. The van der Waals surface area contributed by atoms with Gasteiger partial charge < -0.3 is 19.5 Å². The van der Waals surface area contributed by atoms with Gasteiger partial charge in [0, 0.05) is 28.2 Å². The van der Waals surface area contributed by atoms with Gasteiger partial charge in [-0.15, -0.1) is 0 Å². The number of carbonyl (C=O) groups excluding carboxylic acids is 1. The highest BCUT2D eigenvalue weighted by molar-refractivity contribution is 7.98. The number of rotatable bonds is 7. The summed E-state index contributed by atoms with van der Waals surface area (Å²) in [6.45, 7) is 0. The molecule has 4 rings (SSSR count). The predicted molar refractivity (Wildman–Crippen MR) is 127 cm³/mol. The van der Waals surface area contributed by atoms with Gasteiger partial charge in [0.25, 0.3) is 0 Å². The first kappa shape index (κ1) is 22.1. The number of amides is 1. The van der Waals surface area contributed by atoms with E-state index in [0.717, 1.165) is 34.0 Å². The zero-order valence-corrected chi connectivity index (χ0v) is 19.4. The zero-order valence-electron chi connectivity index (χ0n) is 17.8. The van der Waals surface area contributed by atoms with Crippen LogP contribution in [0.2, 0.25) is 5.02 Å². The molecule has 2 aromatic carbocycles. The fourth-order valence-corrected chi connectivity index (χ4v) is 4.60. The van der Waals surface area contributed by atoms with Crippen LogP contribution in [0.5, 0.6) is 17.2 Å². The number of fused-ring (bicyclic) bond motifs is 1. The molecular weight excluding hydrogens is 450 g/mol. The lowest BCUT2D eigenvalue weighted by atomic mass is 10.1. The number of halogens is 1. The molecule has 0 radical (unpaired) electrons. The van der Waals surface area contributed by atoms with Crippen molar-refractivity contribution in [3.05, 3.63) is 64.3 Å². The molecule has 0 atom stereocenters. The molecule has 0 spiro atoms. The van der Waals surface area contributed by atoms with E-state index >= 15 is 0 Å². The fourth-order valence-electron chi connectivity index (χ4n) is 3.44. The summed E-state index contributed by atoms with van der Waals surface area (Å²) in [5.41, 5.74) is 3.59. The summed E-state index contributed by atoms with van der Waals surface area (Å²) in [4.78, 5) is 12.8. The van der Waals surface area contributed by atoms with Gasteiger partial charge in [0.05, 0.1) is 32.7 Å². The quantitative estimate of drug-likeness (QED) is 0.491. The molecule has 2 heterocycles. The molecule has 1 aliphatic heterocycles. The monoisotopic (exact) mass is 471 g/mol. The van der Waals surface area contributed by atoms with E-state index in [1.165, 1.54) is 6.08 Å². The Morgan fingerprint density at radius 2 is 1.78 bits per heavy atom. The zero-order chi connectivity index (χ0) is 22.7. The lowest BCUT2D eigenvalue weighted by molar-refractivity contribution is -0.111. The van der Waals surface area contributed by atoms with Crippen LogP contribution in [0.15, 0.2) is 42.5 Å². The van der Waals surface area contributed by atoms with E-state index < -0.39 is 0 Å². The van der Waals surface area contributed by atoms with Gasteiger partial charge in [0.2, 0.25) is 11.7 Å². The third-order valence-electron chi connectivity index (χ3n) is 4.98. The van der Waals surface area contributed by atoms with Crippen molar-refractivity contribution in [3.63, 3.8) is 0 Å². The van der Waals surface area contributed by atoms with Gasteiger partial charge in [0.1, 0.15) is 5.82 Å². The summed E-state index contributed by atoms with van der Waals surface area (Å²) < 4.78 is 17.8. The van der Waals surface area contributed by atoms with E-state index in [1.807, 2.05) is 12.1 Å². The average Bonchev–Trinajstić information content (AvgIpc) is 3.40. The Morgan fingerprint density at radius 3 is 2.41 bits per heavy atom. The molecule has 1 aliphatic rings. The summed E-state index contributed by atoms with van der Waals surface area (Å²) in [6.07, 6.45) is 3.16. The second-order valence-electron chi connectivity index (χ2n) is 6.94. The van der Waals surface area contributed by atoms with Crippen LogP contribution in [-0.4, -0.2) is 37.0 Å². The van der Waals surface area contributed by atoms with E-state index in [-0.39, 0.29) is 5.91 Å². The van der Waals surface area contributed by atoms with Crippen LogP contribution in [0.4, 0.5) is 5.82 Å². The molecular formula is C23H22ClN3O4S.